The molecule has 4 rings (SSSR count). The molecule has 0 saturated carbocycles. The minimum Gasteiger partial charge on any atom is -0.387 e. The number of β-amino-alcohol motifs (C(OH)–C–C–N with tert-alkyl or cyclic N) is 1. The van der Waals surface area contributed by atoms with Crippen molar-refractivity contribution in [1.29, 1.82) is 0 Å². The van der Waals surface area contributed by atoms with Gasteiger partial charge in [0.25, 0.3) is 0 Å². The summed E-state index contributed by atoms with van der Waals surface area (Å²) in [6.45, 7) is 2.93. The van der Waals surface area contributed by atoms with E-state index < -0.39 is 11.0 Å². The summed E-state index contributed by atoms with van der Waals surface area (Å²) in [4.78, 5) is 17.6. The molecule has 0 unspecified atom stereocenters. The standard InChI is InChI=1S/C25H30ClFN2O3/c1-28(16-19-2-8-22(27)9-3-19)17-24(31)10-13-29(18-24)23(30)25(11-14-32-15-12-25)20-4-6-21(26)7-5-20/h2-9,31H,10-18H2,1H3/t24-/m1/s1. The third kappa shape index (κ3) is 4.99. The highest BCUT2D eigenvalue weighted by Gasteiger charge is 2.48. The third-order valence-electron chi connectivity index (χ3n) is 6.70. The first-order valence-electron chi connectivity index (χ1n) is 11.1. The van der Waals surface area contributed by atoms with Gasteiger partial charge in [-0.15, -0.1) is 0 Å². The Balaban J connectivity index is 1.45. The summed E-state index contributed by atoms with van der Waals surface area (Å²) in [6.07, 6.45) is 1.76. The van der Waals surface area contributed by atoms with Crippen molar-refractivity contribution in [3.05, 3.63) is 70.5 Å². The van der Waals surface area contributed by atoms with Gasteiger partial charge in [-0.3, -0.25) is 9.69 Å². The Kier molecular flexibility index (Phi) is 6.86. The molecule has 2 aromatic rings. The second kappa shape index (κ2) is 9.48. The van der Waals surface area contributed by atoms with E-state index in [9.17, 15) is 14.3 Å². The number of ether oxygens (including phenoxy) is 1. The molecule has 0 spiro atoms. The lowest BCUT2D eigenvalue weighted by molar-refractivity contribution is -0.141. The molecule has 2 saturated heterocycles. The molecule has 0 aliphatic carbocycles. The Morgan fingerprint density at radius 3 is 2.44 bits per heavy atom. The average molecular weight is 461 g/mol. The molecule has 1 N–H and O–H groups in total. The number of benzene rings is 2. The summed E-state index contributed by atoms with van der Waals surface area (Å²) in [5, 5.41) is 11.9. The molecule has 0 aromatic heterocycles. The maximum absolute atomic E-state index is 13.8. The van der Waals surface area contributed by atoms with Crippen LogP contribution in [0.3, 0.4) is 0 Å². The van der Waals surface area contributed by atoms with E-state index >= 15 is 0 Å². The van der Waals surface area contributed by atoms with E-state index in [2.05, 4.69) is 0 Å². The first-order chi connectivity index (χ1) is 15.3. The van der Waals surface area contributed by atoms with Crippen LogP contribution in [0.15, 0.2) is 48.5 Å². The molecular formula is C25H30ClFN2O3. The topological polar surface area (TPSA) is 53.0 Å². The second-order valence-corrected chi connectivity index (χ2v) is 9.64. The van der Waals surface area contributed by atoms with Crippen LogP contribution in [0.4, 0.5) is 4.39 Å². The highest BCUT2D eigenvalue weighted by atomic mass is 35.5. The molecule has 1 amide bonds. The number of likely N-dealkylation sites (N-methyl/N-ethyl adjacent to an activating group) is 1. The quantitative estimate of drug-likeness (QED) is 0.715. The molecule has 1 atom stereocenters. The van der Waals surface area contributed by atoms with Gasteiger partial charge in [-0.05, 0) is 61.7 Å². The predicted octanol–water partition coefficient (Wildman–Crippen LogP) is 3.62. The van der Waals surface area contributed by atoms with Crippen molar-refractivity contribution >= 4 is 17.5 Å². The molecule has 0 radical (unpaired) electrons. The number of halogens is 2. The first-order valence-corrected chi connectivity index (χ1v) is 11.5. The van der Waals surface area contributed by atoms with Crippen LogP contribution in [0.1, 0.15) is 30.4 Å². The molecule has 32 heavy (non-hydrogen) atoms. The van der Waals surface area contributed by atoms with Crippen molar-refractivity contribution in [3.8, 4) is 0 Å². The molecule has 2 aliphatic rings. The predicted molar refractivity (Wildman–Crippen MR) is 122 cm³/mol. The van der Waals surface area contributed by atoms with E-state index in [4.69, 9.17) is 16.3 Å². The third-order valence-corrected chi connectivity index (χ3v) is 6.95. The van der Waals surface area contributed by atoms with Gasteiger partial charge in [-0.2, -0.15) is 0 Å². The largest absolute Gasteiger partial charge is 0.387 e. The Morgan fingerprint density at radius 2 is 1.78 bits per heavy atom. The van der Waals surface area contributed by atoms with Gasteiger partial charge in [0.15, 0.2) is 0 Å². The molecule has 172 valence electrons. The van der Waals surface area contributed by atoms with E-state index in [1.165, 1.54) is 12.1 Å². The minimum atomic E-state index is -0.975. The van der Waals surface area contributed by atoms with Crippen molar-refractivity contribution in [1.82, 2.24) is 9.80 Å². The van der Waals surface area contributed by atoms with Crippen LogP contribution in [-0.4, -0.2) is 66.3 Å². The van der Waals surface area contributed by atoms with Gasteiger partial charge in [0.2, 0.25) is 5.91 Å². The van der Waals surface area contributed by atoms with Gasteiger partial charge in [0, 0.05) is 37.9 Å². The molecular weight excluding hydrogens is 431 g/mol. The molecule has 2 heterocycles. The smallest absolute Gasteiger partial charge is 0.233 e. The number of hydrogen-bond donors (Lipinski definition) is 1. The zero-order chi connectivity index (χ0) is 22.8. The van der Waals surface area contributed by atoms with Crippen molar-refractivity contribution in [2.75, 3.05) is 39.9 Å². The number of nitrogens with zero attached hydrogens (tertiary/aromatic N) is 2. The van der Waals surface area contributed by atoms with E-state index in [1.807, 2.05) is 41.1 Å². The van der Waals surface area contributed by atoms with Gasteiger partial charge in [0.1, 0.15) is 5.82 Å². The number of hydrogen-bond acceptors (Lipinski definition) is 4. The normalized spacial score (nSPS) is 23.0. The SMILES string of the molecule is CN(Cc1ccc(F)cc1)C[C@]1(O)CCN(C(=O)C2(c3ccc(Cl)cc3)CCOCC2)C1. The molecule has 2 fully saturated rings. The highest BCUT2D eigenvalue weighted by Crippen LogP contribution is 2.39. The zero-order valence-corrected chi connectivity index (χ0v) is 19.2. The van der Waals surface area contributed by atoms with Crippen LogP contribution < -0.4 is 0 Å². The van der Waals surface area contributed by atoms with E-state index in [1.54, 1.807) is 12.1 Å². The maximum Gasteiger partial charge on any atom is 0.233 e. The van der Waals surface area contributed by atoms with Crippen LogP contribution in [-0.2, 0) is 21.5 Å². The highest BCUT2D eigenvalue weighted by molar-refractivity contribution is 6.30. The maximum atomic E-state index is 13.8. The van der Waals surface area contributed by atoms with E-state index in [-0.39, 0.29) is 11.7 Å². The summed E-state index contributed by atoms with van der Waals surface area (Å²) >= 11 is 6.08. The number of rotatable bonds is 6. The Hall–Kier alpha value is -1.99. The second-order valence-electron chi connectivity index (χ2n) is 9.20. The van der Waals surface area contributed by atoms with Gasteiger partial charge in [0.05, 0.1) is 17.6 Å². The van der Waals surface area contributed by atoms with Crippen LogP contribution in [0.25, 0.3) is 0 Å². The number of carbonyl (C=O) groups is 1. The molecule has 2 aromatic carbocycles. The summed E-state index contributed by atoms with van der Waals surface area (Å²) < 4.78 is 18.7. The average Bonchev–Trinajstić information content (AvgIpc) is 3.17. The lowest BCUT2D eigenvalue weighted by atomic mass is 9.73. The van der Waals surface area contributed by atoms with Crippen molar-refractivity contribution < 1.29 is 19.0 Å². The lowest BCUT2D eigenvalue weighted by Gasteiger charge is -2.39. The zero-order valence-electron chi connectivity index (χ0n) is 18.4. The van der Waals surface area contributed by atoms with E-state index in [0.29, 0.717) is 63.7 Å². The van der Waals surface area contributed by atoms with Crippen LogP contribution in [0, 0.1) is 5.82 Å². The Labute approximate surface area is 193 Å². The molecule has 0 bridgehead atoms. The van der Waals surface area contributed by atoms with Gasteiger partial charge < -0.3 is 14.7 Å². The number of carbonyl (C=O) groups excluding carboxylic acids is 1. The molecule has 2 aliphatic heterocycles. The van der Waals surface area contributed by atoms with Crippen LogP contribution in [0.2, 0.25) is 5.02 Å². The summed E-state index contributed by atoms with van der Waals surface area (Å²) in [5.41, 5.74) is 0.316. The van der Waals surface area contributed by atoms with Gasteiger partial charge in [-0.25, -0.2) is 4.39 Å². The van der Waals surface area contributed by atoms with Crippen molar-refractivity contribution in [2.45, 2.75) is 36.8 Å². The fourth-order valence-electron chi connectivity index (χ4n) is 5.04. The number of likely N-dealkylation sites (tertiary alicyclic amines) is 1. The summed E-state index contributed by atoms with van der Waals surface area (Å²) in [7, 11) is 1.93. The van der Waals surface area contributed by atoms with E-state index in [0.717, 1.165) is 11.1 Å². The number of amides is 1. The molecule has 7 heteroatoms. The number of aliphatic hydroxyl groups is 1. The van der Waals surface area contributed by atoms with Crippen LogP contribution in [0.5, 0.6) is 0 Å². The Bertz CT molecular complexity index is 931. The fourth-order valence-corrected chi connectivity index (χ4v) is 5.16. The molecule has 5 nitrogen and oxygen atoms in total. The minimum absolute atomic E-state index is 0.0558. The van der Waals surface area contributed by atoms with Gasteiger partial charge in [-0.1, -0.05) is 35.9 Å². The Morgan fingerprint density at radius 1 is 1.12 bits per heavy atom. The summed E-state index contributed by atoms with van der Waals surface area (Å²) in [6, 6.07) is 13.9. The fraction of sp³-hybridized carbons (Fsp3) is 0.480. The lowest BCUT2D eigenvalue weighted by Crippen LogP contribution is -2.51. The summed E-state index contributed by atoms with van der Waals surface area (Å²) in [5.74, 6) is -0.206. The monoisotopic (exact) mass is 460 g/mol. The first kappa shape index (κ1) is 23.2. The van der Waals surface area contributed by atoms with Crippen molar-refractivity contribution in [2.24, 2.45) is 0 Å². The van der Waals surface area contributed by atoms with Gasteiger partial charge >= 0.3 is 0 Å². The van der Waals surface area contributed by atoms with Crippen molar-refractivity contribution in [3.63, 3.8) is 0 Å². The van der Waals surface area contributed by atoms with Crippen LogP contribution >= 0.6 is 11.6 Å².